The van der Waals surface area contributed by atoms with E-state index in [0.29, 0.717) is 31.8 Å². The highest BCUT2D eigenvalue weighted by Crippen LogP contribution is 2.21. The van der Waals surface area contributed by atoms with Crippen LogP contribution in [-0.4, -0.2) is 60.0 Å². The Balaban J connectivity index is 1.73. The van der Waals surface area contributed by atoms with Crippen molar-refractivity contribution in [2.24, 2.45) is 11.8 Å². The second-order valence-corrected chi connectivity index (χ2v) is 6.88. The Morgan fingerprint density at radius 1 is 1.28 bits per heavy atom. The summed E-state index contributed by atoms with van der Waals surface area (Å²) in [5.74, 6) is 1.37. The van der Waals surface area contributed by atoms with Gasteiger partial charge >= 0.3 is 5.97 Å². The second-order valence-electron chi connectivity index (χ2n) is 6.88. The van der Waals surface area contributed by atoms with E-state index in [4.69, 9.17) is 11.5 Å². The topological polar surface area (TPSA) is 98.7 Å². The van der Waals surface area contributed by atoms with Gasteiger partial charge in [-0.25, -0.2) is 0 Å². The van der Waals surface area contributed by atoms with Crippen LogP contribution in [0.5, 0.6) is 0 Å². The monoisotopic (exact) mass is 349 g/mol. The molecule has 0 aromatic heterocycles. The molecule has 1 unspecified atom stereocenters. The minimum absolute atomic E-state index is 0.105. The molecule has 0 saturated carbocycles. The molecule has 0 aromatic rings. The number of hydrogen-bond acceptors (Lipinski definition) is 4. The first kappa shape index (κ1) is 19.3. The van der Waals surface area contributed by atoms with E-state index in [-0.39, 0.29) is 24.2 Å². The Morgan fingerprint density at radius 2 is 2.00 bits per heavy atom. The van der Waals surface area contributed by atoms with Crippen molar-refractivity contribution in [2.45, 2.75) is 44.6 Å². The van der Waals surface area contributed by atoms with Gasteiger partial charge in [0.2, 0.25) is 11.8 Å². The van der Waals surface area contributed by atoms with E-state index in [2.05, 4.69) is 16.6 Å². The molecule has 0 aliphatic carbocycles. The highest BCUT2D eigenvalue weighted by Gasteiger charge is 2.32. The van der Waals surface area contributed by atoms with Crippen molar-refractivity contribution in [1.29, 1.82) is 0 Å². The van der Waals surface area contributed by atoms with Crippen molar-refractivity contribution >= 4 is 17.8 Å². The maximum atomic E-state index is 12.3. The number of piperidine rings is 1. The maximum Gasteiger partial charge on any atom is 0.306 e. The van der Waals surface area contributed by atoms with Crippen LogP contribution in [0.25, 0.3) is 0 Å². The van der Waals surface area contributed by atoms with Gasteiger partial charge in [-0.3, -0.25) is 14.4 Å². The summed E-state index contributed by atoms with van der Waals surface area (Å²) in [6.45, 7) is 3.01. The molecule has 2 heterocycles. The van der Waals surface area contributed by atoms with Crippen molar-refractivity contribution in [2.75, 3.05) is 26.2 Å². The number of carboxylic acids is 1. The van der Waals surface area contributed by atoms with Gasteiger partial charge in [0.1, 0.15) is 6.04 Å². The third-order valence-electron chi connectivity index (χ3n) is 5.03. The lowest BCUT2D eigenvalue weighted by molar-refractivity contribution is -0.137. The van der Waals surface area contributed by atoms with Crippen molar-refractivity contribution < 1.29 is 19.5 Å². The standard InChI is InChI=1S/C18H27N3O4/c1-2-15(11-17(23)24)20-18(25)14-7-10-21(12-14)16(22)4-3-13-5-8-19-9-6-13/h1,13-15,19H,3-12H2,(H,20,25)(H,23,24)/t14?,15-/m1/s1. The van der Waals surface area contributed by atoms with Gasteiger partial charge in [0.05, 0.1) is 12.3 Å². The van der Waals surface area contributed by atoms with Gasteiger partial charge in [-0.2, -0.15) is 0 Å². The summed E-state index contributed by atoms with van der Waals surface area (Å²) in [5.41, 5.74) is 0. The van der Waals surface area contributed by atoms with Crippen LogP contribution >= 0.6 is 0 Å². The largest absolute Gasteiger partial charge is 0.481 e. The summed E-state index contributed by atoms with van der Waals surface area (Å²) in [7, 11) is 0. The zero-order chi connectivity index (χ0) is 18.2. The molecule has 25 heavy (non-hydrogen) atoms. The number of rotatable bonds is 7. The summed E-state index contributed by atoms with van der Waals surface area (Å²) in [6, 6.07) is -0.810. The minimum atomic E-state index is -1.05. The van der Waals surface area contributed by atoms with Crippen LogP contribution < -0.4 is 10.6 Å². The van der Waals surface area contributed by atoms with Gasteiger partial charge in [-0.15, -0.1) is 6.42 Å². The number of amides is 2. The molecule has 0 spiro atoms. The molecular formula is C18H27N3O4. The number of carbonyl (C=O) groups excluding carboxylic acids is 2. The Labute approximate surface area is 148 Å². The van der Waals surface area contributed by atoms with Crippen LogP contribution in [0.15, 0.2) is 0 Å². The SMILES string of the molecule is C#C[C@H](CC(=O)O)NC(=O)C1CCN(C(=O)CCC2CCNCC2)C1. The quantitative estimate of drug-likeness (QED) is 0.571. The maximum absolute atomic E-state index is 12.3. The Hall–Kier alpha value is -2.07. The van der Waals surface area contributed by atoms with Crippen LogP contribution in [-0.2, 0) is 14.4 Å². The molecule has 2 aliphatic rings. The molecule has 2 amide bonds. The zero-order valence-corrected chi connectivity index (χ0v) is 14.5. The first-order chi connectivity index (χ1) is 12.0. The van der Waals surface area contributed by atoms with Gasteiger partial charge in [0, 0.05) is 19.5 Å². The number of carbonyl (C=O) groups is 3. The Bertz CT molecular complexity index is 537. The molecule has 7 heteroatoms. The lowest BCUT2D eigenvalue weighted by Crippen LogP contribution is -2.40. The van der Waals surface area contributed by atoms with E-state index in [9.17, 15) is 14.4 Å². The van der Waals surface area contributed by atoms with Gasteiger partial charge in [-0.1, -0.05) is 5.92 Å². The first-order valence-corrected chi connectivity index (χ1v) is 8.96. The average Bonchev–Trinajstić information content (AvgIpc) is 3.10. The van der Waals surface area contributed by atoms with Crippen molar-refractivity contribution in [3.63, 3.8) is 0 Å². The molecule has 7 nitrogen and oxygen atoms in total. The van der Waals surface area contributed by atoms with E-state index in [1.807, 2.05) is 0 Å². The lowest BCUT2D eigenvalue weighted by atomic mass is 9.93. The summed E-state index contributed by atoms with van der Waals surface area (Å²) in [5, 5.41) is 14.7. The molecule has 2 rings (SSSR count). The zero-order valence-electron chi connectivity index (χ0n) is 14.5. The van der Waals surface area contributed by atoms with Gasteiger partial charge in [0.15, 0.2) is 0 Å². The average molecular weight is 349 g/mol. The second kappa shape index (κ2) is 9.42. The highest BCUT2D eigenvalue weighted by molar-refractivity contribution is 5.83. The van der Waals surface area contributed by atoms with Gasteiger partial charge in [-0.05, 0) is 44.7 Å². The van der Waals surface area contributed by atoms with E-state index < -0.39 is 12.0 Å². The fraction of sp³-hybridized carbons (Fsp3) is 0.722. The van der Waals surface area contributed by atoms with E-state index in [1.54, 1.807) is 4.90 Å². The van der Waals surface area contributed by atoms with Crippen molar-refractivity contribution in [3.05, 3.63) is 0 Å². The molecule has 2 aliphatic heterocycles. The predicted molar refractivity (Wildman–Crippen MR) is 92.5 cm³/mol. The molecule has 3 N–H and O–H groups in total. The number of terminal acetylenes is 1. The van der Waals surface area contributed by atoms with E-state index in [1.165, 1.54) is 0 Å². The van der Waals surface area contributed by atoms with E-state index in [0.717, 1.165) is 32.4 Å². The summed E-state index contributed by atoms with van der Waals surface area (Å²) in [4.78, 5) is 37.0. The van der Waals surface area contributed by atoms with Crippen LogP contribution in [0.2, 0.25) is 0 Å². The first-order valence-electron chi connectivity index (χ1n) is 8.96. The number of nitrogens with one attached hydrogen (secondary N) is 2. The molecule has 2 atom stereocenters. The molecule has 0 bridgehead atoms. The van der Waals surface area contributed by atoms with Gasteiger partial charge < -0.3 is 20.6 Å². The molecule has 0 aromatic carbocycles. The Morgan fingerprint density at radius 3 is 2.64 bits per heavy atom. The van der Waals surface area contributed by atoms with E-state index >= 15 is 0 Å². The molecule has 2 saturated heterocycles. The summed E-state index contributed by atoms with van der Waals surface area (Å²) < 4.78 is 0. The number of likely N-dealkylation sites (tertiary alicyclic amines) is 1. The summed E-state index contributed by atoms with van der Waals surface area (Å²) >= 11 is 0. The Kier molecular flexibility index (Phi) is 7.26. The predicted octanol–water partition coefficient (Wildman–Crippen LogP) is 0.207. The number of aliphatic carboxylic acids is 1. The molecule has 2 fully saturated rings. The number of hydrogen-bond donors (Lipinski definition) is 3. The van der Waals surface area contributed by atoms with Crippen LogP contribution in [0, 0.1) is 24.2 Å². The number of nitrogens with zero attached hydrogens (tertiary/aromatic N) is 1. The third-order valence-corrected chi connectivity index (χ3v) is 5.03. The molecule has 0 radical (unpaired) electrons. The fourth-order valence-corrected chi connectivity index (χ4v) is 3.47. The van der Waals surface area contributed by atoms with Crippen LogP contribution in [0.4, 0.5) is 0 Å². The van der Waals surface area contributed by atoms with Crippen molar-refractivity contribution in [1.82, 2.24) is 15.5 Å². The third kappa shape index (κ3) is 6.05. The van der Waals surface area contributed by atoms with Crippen molar-refractivity contribution in [3.8, 4) is 12.3 Å². The lowest BCUT2D eigenvalue weighted by Gasteiger charge is -2.23. The molecule has 138 valence electrons. The normalized spacial score (nSPS) is 22.2. The number of carboxylic acid groups (broad SMARTS) is 1. The summed E-state index contributed by atoms with van der Waals surface area (Å²) in [6.07, 6.45) is 9.23. The fourth-order valence-electron chi connectivity index (χ4n) is 3.47. The minimum Gasteiger partial charge on any atom is -0.481 e. The van der Waals surface area contributed by atoms with Crippen LogP contribution in [0.3, 0.4) is 0 Å². The van der Waals surface area contributed by atoms with Gasteiger partial charge in [0.25, 0.3) is 0 Å². The molecular weight excluding hydrogens is 322 g/mol. The smallest absolute Gasteiger partial charge is 0.306 e. The highest BCUT2D eigenvalue weighted by atomic mass is 16.4. The van der Waals surface area contributed by atoms with Crippen LogP contribution in [0.1, 0.15) is 38.5 Å².